The van der Waals surface area contributed by atoms with Crippen LogP contribution >= 0.6 is 11.3 Å². The molecule has 2 aliphatic heterocycles. The van der Waals surface area contributed by atoms with Gasteiger partial charge < -0.3 is 25.5 Å². The van der Waals surface area contributed by atoms with Gasteiger partial charge in [0.25, 0.3) is 5.91 Å². The summed E-state index contributed by atoms with van der Waals surface area (Å²) in [5, 5.41) is 8.25. The first-order valence-electron chi connectivity index (χ1n) is 12.5. The normalized spacial score (nSPS) is 20.7. The summed E-state index contributed by atoms with van der Waals surface area (Å²) in [6, 6.07) is 16.9. The Morgan fingerprint density at radius 2 is 1.80 bits per heavy atom. The maximum absolute atomic E-state index is 13.8. The second-order valence-electron chi connectivity index (χ2n) is 9.11. The summed E-state index contributed by atoms with van der Waals surface area (Å²) in [5.41, 5.74) is 5.21. The molecule has 1 aromatic heterocycles. The fraction of sp³-hybridized carbons (Fsp3) is 0.259. The number of cyclic esters (lactones) is 1. The Labute approximate surface area is 237 Å². The summed E-state index contributed by atoms with van der Waals surface area (Å²) < 4.78 is 5.71. The number of hydrogen-bond donors (Lipinski definition) is 2. The van der Waals surface area contributed by atoms with Crippen molar-refractivity contribution in [3.63, 3.8) is 0 Å². The van der Waals surface area contributed by atoms with Crippen LogP contribution in [0.4, 0.5) is 5.13 Å². The number of anilines is 1. The molecular weight excluding hydrogens is 554 g/mol. The Morgan fingerprint density at radius 3 is 2.34 bits per heavy atom. The molecule has 5 rings (SSSR count). The number of amides is 2. The zero-order chi connectivity index (χ0) is 29.0. The molecule has 2 aliphatic rings. The molecule has 212 valence electrons. The highest BCUT2D eigenvalue weighted by Gasteiger charge is 2.57. The summed E-state index contributed by atoms with van der Waals surface area (Å²) in [6.45, 7) is -0.342. The van der Waals surface area contributed by atoms with E-state index < -0.39 is 41.3 Å². The van der Waals surface area contributed by atoms with Gasteiger partial charge in [-0.2, -0.15) is 0 Å². The lowest BCUT2D eigenvalue weighted by molar-refractivity contribution is -0.310. The van der Waals surface area contributed by atoms with E-state index in [1.54, 1.807) is 0 Å². The number of nitrogen functional groups attached to an aromatic ring is 1. The number of nitrogens with zero attached hydrogens (tertiary/aromatic N) is 3. The standard InChI is InChI=1S/C27H25N5O8S/c1-37-31-22(19-15-41-26(28)30-19)23(34)29-18-14-38-32(24(18)35)40-25(36)27(13-12-20(33)39-27)21(16-8-4-2-5-9-16)17-10-6-3-7-11-17/h2-11,15,18,21H,12-14H2,1H3,(H2,28,30)(H,29,34)/t18-,27?/m0/s1. The van der Waals surface area contributed by atoms with E-state index in [9.17, 15) is 19.2 Å². The van der Waals surface area contributed by atoms with Crippen molar-refractivity contribution in [1.82, 2.24) is 15.5 Å². The number of esters is 1. The molecule has 2 aromatic carbocycles. The lowest BCUT2D eigenvalue weighted by atomic mass is 9.76. The summed E-state index contributed by atoms with van der Waals surface area (Å²) in [5.74, 6) is -3.97. The van der Waals surface area contributed by atoms with Crippen molar-refractivity contribution in [3.8, 4) is 0 Å². The number of carbonyl (C=O) groups is 4. The Kier molecular flexibility index (Phi) is 7.94. The van der Waals surface area contributed by atoms with Crippen LogP contribution in [-0.4, -0.2) is 65.0 Å². The molecule has 0 bridgehead atoms. The predicted molar refractivity (Wildman–Crippen MR) is 144 cm³/mol. The molecule has 0 aliphatic carbocycles. The van der Waals surface area contributed by atoms with Crippen LogP contribution in [0.15, 0.2) is 71.2 Å². The smallest absolute Gasteiger partial charge is 0.379 e. The van der Waals surface area contributed by atoms with E-state index in [2.05, 4.69) is 15.5 Å². The van der Waals surface area contributed by atoms with Crippen molar-refractivity contribution in [2.24, 2.45) is 5.16 Å². The molecule has 2 saturated heterocycles. The molecule has 41 heavy (non-hydrogen) atoms. The van der Waals surface area contributed by atoms with E-state index in [0.717, 1.165) is 11.3 Å². The zero-order valence-electron chi connectivity index (χ0n) is 21.7. The molecule has 2 fully saturated rings. The van der Waals surface area contributed by atoms with E-state index in [4.69, 9.17) is 25.0 Å². The SMILES string of the molecule is CON=C(C(=O)N[C@H]1CON(OC(=O)C2(C(c3ccccc3)c3ccccc3)CCC(=O)O2)C1=O)c1csc(N)n1. The molecular formula is C27H25N5O8S. The van der Waals surface area contributed by atoms with Gasteiger partial charge in [-0.3, -0.25) is 14.4 Å². The van der Waals surface area contributed by atoms with Gasteiger partial charge in [-0.1, -0.05) is 65.8 Å². The lowest BCUT2D eigenvalue weighted by Gasteiger charge is -2.34. The number of oxime groups is 1. The quantitative estimate of drug-likeness (QED) is 0.216. The van der Waals surface area contributed by atoms with Gasteiger partial charge in [-0.05, 0) is 16.4 Å². The summed E-state index contributed by atoms with van der Waals surface area (Å²) in [6.07, 6.45) is -0.0174. The molecule has 14 heteroatoms. The maximum atomic E-state index is 13.8. The number of hydroxylamine groups is 2. The first-order valence-corrected chi connectivity index (χ1v) is 13.3. The first kappa shape index (κ1) is 27.7. The van der Waals surface area contributed by atoms with Crippen molar-refractivity contribution >= 4 is 45.9 Å². The van der Waals surface area contributed by atoms with E-state index >= 15 is 0 Å². The average Bonchev–Trinajstić information content (AvgIpc) is 3.68. The van der Waals surface area contributed by atoms with E-state index in [0.29, 0.717) is 16.4 Å². The summed E-state index contributed by atoms with van der Waals surface area (Å²) in [7, 11) is 1.25. The number of aromatic nitrogens is 1. The highest BCUT2D eigenvalue weighted by atomic mass is 32.1. The Morgan fingerprint density at radius 1 is 1.15 bits per heavy atom. The van der Waals surface area contributed by atoms with Crippen molar-refractivity contribution in [2.75, 3.05) is 19.5 Å². The number of benzene rings is 2. The van der Waals surface area contributed by atoms with Gasteiger partial charge in [0.1, 0.15) is 25.5 Å². The summed E-state index contributed by atoms with van der Waals surface area (Å²) in [4.78, 5) is 71.6. The maximum Gasteiger partial charge on any atom is 0.379 e. The predicted octanol–water partition coefficient (Wildman–Crippen LogP) is 1.70. The van der Waals surface area contributed by atoms with Crippen LogP contribution in [0.3, 0.4) is 0 Å². The van der Waals surface area contributed by atoms with Crippen molar-refractivity contribution < 1.29 is 38.4 Å². The van der Waals surface area contributed by atoms with Gasteiger partial charge in [-0.25, -0.2) is 14.6 Å². The van der Waals surface area contributed by atoms with Crippen LogP contribution < -0.4 is 11.1 Å². The van der Waals surface area contributed by atoms with Crippen LogP contribution in [0.2, 0.25) is 0 Å². The average molecular weight is 580 g/mol. The molecule has 0 spiro atoms. The Bertz CT molecular complexity index is 1440. The number of hydrogen-bond acceptors (Lipinski definition) is 12. The lowest BCUT2D eigenvalue weighted by Crippen LogP contribution is -2.50. The third kappa shape index (κ3) is 5.60. The van der Waals surface area contributed by atoms with Crippen LogP contribution in [0.1, 0.15) is 35.6 Å². The minimum atomic E-state index is -1.78. The molecule has 1 unspecified atom stereocenters. The molecule has 3 N–H and O–H groups in total. The Hall–Kier alpha value is -4.82. The molecule has 3 heterocycles. The second kappa shape index (κ2) is 11.7. The van der Waals surface area contributed by atoms with Gasteiger partial charge in [0.2, 0.25) is 5.60 Å². The first-order chi connectivity index (χ1) is 19.8. The number of nitrogens with one attached hydrogen (secondary N) is 1. The van der Waals surface area contributed by atoms with Gasteiger partial charge in [0.15, 0.2) is 10.8 Å². The number of carbonyl (C=O) groups excluding carboxylic acids is 4. The van der Waals surface area contributed by atoms with E-state index in [1.807, 2.05) is 60.7 Å². The number of thiazole rings is 1. The third-order valence-electron chi connectivity index (χ3n) is 6.54. The van der Waals surface area contributed by atoms with Gasteiger partial charge in [0.05, 0.1) is 5.92 Å². The van der Waals surface area contributed by atoms with Gasteiger partial charge in [0, 0.05) is 18.2 Å². The third-order valence-corrected chi connectivity index (χ3v) is 7.22. The molecule has 0 saturated carbocycles. The van der Waals surface area contributed by atoms with E-state index in [1.165, 1.54) is 12.5 Å². The largest absolute Gasteiger partial charge is 0.446 e. The summed E-state index contributed by atoms with van der Waals surface area (Å²) >= 11 is 1.09. The number of nitrogens with two attached hydrogens (primary N) is 1. The molecule has 3 aromatic rings. The van der Waals surface area contributed by atoms with Crippen LogP contribution in [-0.2, 0) is 38.4 Å². The van der Waals surface area contributed by atoms with Gasteiger partial charge >= 0.3 is 17.8 Å². The van der Waals surface area contributed by atoms with Crippen LogP contribution in [0.25, 0.3) is 0 Å². The highest BCUT2D eigenvalue weighted by molar-refractivity contribution is 7.13. The fourth-order valence-corrected chi connectivity index (χ4v) is 5.28. The highest BCUT2D eigenvalue weighted by Crippen LogP contribution is 2.45. The van der Waals surface area contributed by atoms with E-state index in [-0.39, 0.29) is 36.0 Å². The number of rotatable bonds is 9. The number of ether oxygens (including phenoxy) is 1. The monoisotopic (exact) mass is 579 g/mol. The van der Waals surface area contributed by atoms with Gasteiger partial charge in [-0.15, -0.1) is 11.3 Å². The zero-order valence-corrected chi connectivity index (χ0v) is 22.5. The molecule has 13 nitrogen and oxygen atoms in total. The Balaban J connectivity index is 1.36. The minimum Gasteiger partial charge on any atom is -0.446 e. The van der Waals surface area contributed by atoms with Crippen molar-refractivity contribution in [2.45, 2.75) is 30.4 Å². The molecule has 2 amide bonds. The molecule has 2 atom stereocenters. The fourth-order valence-electron chi connectivity index (χ4n) is 4.73. The topological polar surface area (TPSA) is 172 Å². The van der Waals surface area contributed by atoms with Crippen LogP contribution in [0, 0.1) is 0 Å². The second-order valence-corrected chi connectivity index (χ2v) is 10.00. The van der Waals surface area contributed by atoms with Crippen LogP contribution in [0.5, 0.6) is 0 Å². The van der Waals surface area contributed by atoms with Crippen molar-refractivity contribution in [1.29, 1.82) is 0 Å². The molecule has 0 radical (unpaired) electrons. The van der Waals surface area contributed by atoms with Crippen molar-refractivity contribution in [3.05, 3.63) is 82.9 Å². The minimum absolute atomic E-state index is 0.00886.